The van der Waals surface area contributed by atoms with Gasteiger partial charge in [0.05, 0.1) is 6.61 Å². The molecule has 0 aromatic carbocycles. The van der Waals surface area contributed by atoms with Gasteiger partial charge in [-0.15, -0.1) is 0 Å². The van der Waals surface area contributed by atoms with Crippen LogP contribution < -0.4 is 0 Å². The summed E-state index contributed by atoms with van der Waals surface area (Å²) in [5.74, 6) is 0. The summed E-state index contributed by atoms with van der Waals surface area (Å²) in [6.45, 7) is -0.606. The maximum Gasteiger partial charge on any atom is 0.184 e. The van der Waals surface area contributed by atoms with Crippen LogP contribution in [-0.4, -0.2) is 57.8 Å². The molecule has 0 bridgehead atoms. The van der Waals surface area contributed by atoms with Crippen molar-refractivity contribution in [2.24, 2.45) is 0 Å². The SMILES string of the molecule is OC[C@@H]1O[C@@H](O)[C@H](O)[C@@H](F)[C@H]1O. The summed E-state index contributed by atoms with van der Waals surface area (Å²) in [6.07, 6.45) is -8.24. The lowest BCUT2D eigenvalue weighted by atomic mass is 10.0. The van der Waals surface area contributed by atoms with Crippen LogP contribution in [0.2, 0.25) is 0 Å². The Bertz CT molecular complexity index is 150. The van der Waals surface area contributed by atoms with Gasteiger partial charge < -0.3 is 25.2 Å². The number of halogens is 1. The summed E-state index contributed by atoms with van der Waals surface area (Å²) in [5.41, 5.74) is 0. The predicted octanol–water partition coefficient (Wildman–Crippen LogP) is -2.24. The molecule has 0 amide bonds. The topological polar surface area (TPSA) is 90.2 Å². The Kier molecular flexibility index (Phi) is 2.97. The number of rotatable bonds is 1. The first kappa shape index (κ1) is 9.82. The molecular formula is C6H11FO5. The van der Waals surface area contributed by atoms with Crippen LogP contribution in [0.4, 0.5) is 4.39 Å². The van der Waals surface area contributed by atoms with Gasteiger partial charge in [-0.25, -0.2) is 4.39 Å². The number of alkyl halides is 1. The van der Waals surface area contributed by atoms with Crippen LogP contribution >= 0.6 is 0 Å². The molecule has 5 atom stereocenters. The standard InChI is InChI=1S/C6H11FO5/c7-3-4(9)2(1-8)12-6(11)5(3)10/h2-6,8-11H,1H2/t2-,3-,4-,5+,6+/m0/s1. The third-order valence-electron chi connectivity index (χ3n) is 1.82. The van der Waals surface area contributed by atoms with E-state index in [1.54, 1.807) is 0 Å². The van der Waals surface area contributed by atoms with Gasteiger partial charge in [0.1, 0.15) is 18.3 Å². The molecule has 6 heteroatoms. The van der Waals surface area contributed by atoms with Gasteiger partial charge in [0.2, 0.25) is 0 Å². The van der Waals surface area contributed by atoms with Crippen LogP contribution in [0, 0.1) is 0 Å². The average Bonchev–Trinajstić information content (AvgIpc) is 2.08. The van der Waals surface area contributed by atoms with E-state index in [1.807, 2.05) is 0 Å². The van der Waals surface area contributed by atoms with Gasteiger partial charge in [-0.1, -0.05) is 0 Å². The van der Waals surface area contributed by atoms with Gasteiger partial charge in [0, 0.05) is 0 Å². The number of hydrogen-bond acceptors (Lipinski definition) is 5. The Morgan fingerprint density at radius 3 is 2.25 bits per heavy atom. The molecule has 4 N–H and O–H groups in total. The molecule has 0 aromatic rings. The summed E-state index contributed by atoms with van der Waals surface area (Å²) in [4.78, 5) is 0. The minimum atomic E-state index is -1.99. The van der Waals surface area contributed by atoms with Gasteiger partial charge in [-0.2, -0.15) is 0 Å². The largest absolute Gasteiger partial charge is 0.394 e. The normalized spacial score (nSPS) is 49.2. The molecule has 1 saturated heterocycles. The van der Waals surface area contributed by atoms with E-state index < -0.39 is 37.4 Å². The first-order chi connectivity index (χ1) is 5.57. The summed E-state index contributed by atoms with van der Waals surface area (Å²) >= 11 is 0. The monoisotopic (exact) mass is 182 g/mol. The number of aliphatic hydroxyl groups excluding tert-OH is 4. The molecule has 12 heavy (non-hydrogen) atoms. The Labute approximate surface area is 68.0 Å². The third-order valence-corrected chi connectivity index (χ3v) is 1.82. The molecule has 1 heterocycles. The van der Waals surface area contributed by atoms with Gasteiger partial charge in [0.25, 0.3) is 0 Å². The Morgan fingerprint density at radius 1 is 1.17 bits per heavy atom. The second kappa shape index (κ2) is 3.63. The fourth-order valence-electron chi connectivity index (χ4n) is 1.06. The summed E-state index contributed by atoms with van der Waals surface area (Å²) in [6, 6.07) is 0. The molecule has 1 aliphatic rings. The van der Waals surface area contributed by atoms with Crippen molar-refractivity contribution in [2.45, 2.75) is 30.8 Å². The lowest BCUT2D eigenvalue weighted by Gasteiger charge is -2.36. The van der Waals surface area contributed by atoms with E-state index in [4.69, 9.17) is 20.4 Å². The van der Waals surface area contributed by atoms with Crippen molar-refractivity contribution in [1.29, 1.82) is 0 Å². The summed E-state index contributed by atoms with van der Waals surface area (Å²) in [7, 11) is 0. The fourth-order valence-corrected chi connectivity index (χ4v) is 1.06. The Morgan fingerprint density at radius 2 is 1.75 bits per heavy atom. The highest BCUT2D eigenvalue weighted by Gasteiger charge is 2.43. The van der Waals surface area contributed by atoms with Crippen LogP contribution in [0.5, 0.6) is 0 Å². The van der Waals surface area contributed by atoms with Crippen molar-refractivity contribution in [3.63, 3.8) is 0 Å². The van der Waals surface area contributed by atoms with Crippen molar-refractivity contribution in [3.8, 4) is 0 Å². The zero-order valence-electron chi connectivity index (χ0n) is 6.17. The zero-order valence-corrected chi connectivity index (χ0v) is 6.17. The molecule has 0 saturated carbocycles. The summed E-state index contributed by atoms with van der Waals surface area (Å²) < 4.78 is 17.3. The predicted molar refractivity (Wildman–Crippen MR) is 34.9 cm³/mol. The highest BCUT2D eigenvalue weighted by Crippen LogP contribution is 2.21. The van der Waals surface area contributed by atoms with E-state index in [1.165, 1.54) is 0 Å². The second-order valence-corrected chi connectivity index (χ2v) is 2.67. The van der Waals surface area contributed by atoms with E-state index >= 15 is 0 Å². The first-order valence-electron chi connectivity index (χ1n) is 3.52. The van der Waals surface area contributed by atoms with Gasteiger partial charge in [-0.3, -0.25) is 0 Å². The number of aliphatic hydroxyl groups is 4. The van der Waals surface area contributed by atoms with Gasteiger partial charge in [0.15, 0.2) is 12.5 Å². The van der Waals surface area contributed by atoms with Crippen molar-refractivity contribution >= 4 is 0 Å². The molecule has 0 aromatic heterocycles. The average molecular weight is 182 g/mol. The number of hydrogen-bond donors (Lipinski definition) is 4. The second-order valence-electron chi connectivity index (χ2n) is 2.67. The van der Waals surface area contributed by atoms with E-state index in [0.717, 1.165) is 0 Å². The fraction of sp³-hybridized carbons (Fsp3) is 1.00. The first-order valence-corrected chi connectivity index (χ1v) is 3.52. The van der Waals surface area contributed by atoms with E-state index in [0.29, 0.717) is 0 Å². The molecule has 0 radical (unpaired) electrons. The maximum atomic E-state index is 12.8. The molecule has 1 aliphatic heterocycles. The minimum absolute atomic E-state index is 0.606. The van der Waals surface area contributed by atoms with E-state index in [-0.39, 0.29) is 0 Å². The van der Waals surface area contributed by atoms with Gasteiger partial charge >= 0.3 is 0 Å². The smallest absolute Gasteiger partial charge is 0.184 e. The van der Waals surface area contributed by atoms with Crippen molar-refractivity contribution < 1.29 is 29.6 Å². The van der Waals surface area contributed by atoms with Crippen LogP contribution in [0.25, 0.3) is 0 Å². The molecule has 0 aliphatic carbocycles. The molecule has 0 unspecified atom stereocenters. The van der Waals surface area contributed by atoms with Gasteiger partial charge in [-0.05, 0) is 0 Å². The number of ether oxygens (including phenoxy) is 1. The molecule has 0 spiro atoms. The van der Waals surface area contributed by atoms with E-state index in [9.17, 15) is 4.39 Å². The minimum Gasteiger partial charge on any atom is -0.394 e. The molecule has 1 fully saturated rings. The highest BCUT2D eigenvalue weighted by molar-refractivity contribution is 4.88. The van der Waals surface area contributed by atoms with Crippen LogP contribution in [-0.2, 0) is 4.74 Å². The molecular weight excluding hydrogens is 171 g/mol. The van der Waals surface area contributed by atoms with Crippen LogP contribution in [0.3, 0.4) is 0 Å². The lowest BCUT2D eigenvalue weighted by Crippen LogP contribution is -2.56. The van der Waals surface area contributed by atoms with Crippen LogP contribution in [0.15, 0.2) is 0 Å². The van der Waals surface area contributed by atoms with Crippen molar-refractivity contribution in [1.82, 2.24) is 0 Å². The third kappa shape index (κ3) is 1.57. The maximum absolute atomic E-state index is 12.8. The lowest BCUT2D eigenvalue weighted by molar-refractivity contribution is -0.274. The van der Waals surface area contributed by atoms with Crippen molar-refractivity contribution in [3.05, 3.63) is 0 Å². The quantitative estimate of drug-likeness (QED) is 0.368. The highest BCUT2D eigenvalue weighted by atomic mass is 19.1. The van der Waals surface area contributed by atoms with Crippen LogP contribution in [0.1, 0.15) is 0 Å². The molecule has 72 valence electrons. The zero-order chi connectivity index (χ0) is 9.30. The summed E-state index contributed by atoms with van der Waals surface area (Å²) in [5, 5.41) is 35.2. The van der Waals surface area contributed by atoms with E-state index in [2.05, 4.69) is 4.74 Å². The Hall–Kier alpha value is -0.270. The van der Waals surface area contributed by atoms with Crippen molar-refractivity contribution in [2.75, 3.05) is 6.61 Å². The molecule has 1 rings (SSSR count). The molecule has 5 nitrogen and oxygen atoms in total. The Balaban J connectivity index is 2.63.